The van der Waals surface area contributed by atoms with Gasteiger partial charge in [0, 0.05) is 31.6 Å². The van der Waals surface area contributed by atoms with Gasteiger partial charge < -0.3 is 14.5 Å². The Morgan fingerprint density at radius 1 is 1.00 bits per heavy atom. The molecular formula is C30H40N2O4. The van der Waals surface area contributed by atoms with Crippen LogP contribution in [0.15, 0.2) is 54.6 Å². The predicted octanol–water partition coefficient (Wildman–Crippen LogP) is 5.42. The summed E-state index contributed by atoms with van der Waals surface area (Å²) in [5.74, 6) is -0.350. The molecule has 1 aliphatic rings. The fourth-order valence-electron chi connectivity index (χ4n) is 4.74. The van der Waals surface area contributed by atoms with Crippen molar-refractivity contribution in [1.82, 2.24) is 9.80 Å². The highest BCUT2D eigenvalue weighted by atomic mass is 16.5. The third kappa shape index (κ3) is 7.42. The van der Waals surface area contributed by atoms with E-state index in [0.717, 1.165) is 24.8 Å². The van der Waals surface area contributed by atoms with Crippen molar-refractivity contribution in [3.8, 4) is 0 Å². The molecule has 2 aromatic rings. The molecule has 1 aliphatic heterocycles. The van der Waals surface area contributed by atoms with Crippen molar-refractivity contribution in [3.05, 3.63) is 71.3 Å². The summed E-state index contributed by atoms with van der Waals surface area (Å²) in [7, 11) is 0. The molecular weight excluding hydrogens is 452 g/mol. The van der Waals surface area contributed by atoms with E-state index < -0.39 is 0 Å². The number of piperidine rings is 1. The van der Waals surface area contributed by atoms with Crippen LogP contribution in [0, 0.1) is 5.92 Å². The number of carbonyl (C=O) groups excluding carboxylic acids is 3. The minimum Gasteiger partial charge on any atom is -0.466 e. The highest BCUT2D eigenvalue weighted by Crippen LogP contribution is 2.24. The minimum atomic E-state index is -0.168. The van der Waals surface area contributed by atoms with E-state index in [2.05, 4.69) is 6.92 Å². The number of esters is 1. The average Bonchev–Trinajstić information content (AvgIpc) is 2.92. The molecule has 3 rings (SSSR count). The van der Waals surface area contributed by atoms with Gasteiger partial charge in [0.25, 0.3) is 5.91 Å². The van der Waals surface area contributed by atoms with Crippen molar-refractivity contribution in [2.45, 2.75) is 65.3 Å². The molecule has 1 saturated heterocycles. The third-order valence-corrected chi connectivity index (χ3v) is 7.06. The van der Waals surface area contributed by atoms with E-state index in [0.29, 0.717) is 44.6 Å². The quantitative estimate of drug-likeness (QED) is 0.393. The van der Waals surface area contributed by atoms with Crippen LogP contribution >= 0.6 is 0 Å². The van der Waals surface area contributed by atoms with Gasteiger partial charge in [0.05, 0.1) is 18.6 Å². The number of unbranched alkanes of at least 4 members (excludes halogenated alkanes) is 1. The van der Waals surface area contributed by atoms with Crippen LogP contribution in [0.5, 0.6) is 0 Å². The lowest BCUT2D eigenvalue weighted by atomic mass is 9.97. The smallest absolute Gasteiger partial charge is 0.309 e. The summed E-state index contributed by atoms with van der Waals surface area (Å²) >= 11 is 0. The molecule has 194 valence electrons. The van der Waals surface area contributed by atoms with Crippen molar-refractivity contribution in [3.63, 3.8) is 0 Å². The molecule has 0 bridgehead atoms. The van der Waals surface area contributed by atoms with Gasteiger partial charge >= 0.3 is 5.97 Å². The number of hydrogen-bond donors (Lipinski definition) is 0. The zero-order chi connectivity index (χ0) is 25.9. The Hall–Kier alpha value is -3.15. The molecule has 6 heteroatoms. The van der Waals surface area contributed by atoms with Crippen LogP contribution in [0.25, 0.3) is 0 Å². The van der Waals surface area contributed by atoms with Gasteiger partial charge in [0.1, 0.15) is 0 Å². The van der Waals surface area contributed by atoms with Crippen LogP contribution < -0.4 is 0 Å². The molecule has 1 atom stereocenters. The number of likely N-dealkylation sites (tertiary alicyclic amines) is 1. The van der Waals surface area contributed by atoms with E-state index in [1.807, 2.05) is 66.4 Å². The van der Waals surface area contributed by atoms with Crippen molar-refractivity contribution in [2.24, 2.45) is 5.92 Å². The van der Waals surface area contributed by atoms with Crippen molar-refractivity contribution in [2.75, 3.05) is 26.2 Å². The molecule has 1 unspecified atom stereocenters. The molecule has 0 aromatic heterocycles. The molecule has 0 aliphatic carbocycles. The topological polar surface area (TPSA) is 66.9 Å². The Morgan fingerprint density at radius 3 is 2.28 bits per heavy atom. The van der Waals surface area contributed by atoms with E-state index in [4.69, 9.17) is 4.74 Å². The molecule has 0 saturated carbocycles. The number of aryl methyl sites for hydroxylation is 1. The van der Waals surface area contributed by atoms with Crippen LogP contribution in [0.4, 0.5) is 0 Å². The van der Waals surface area contributed by atoms with Crippen LogP contribution in [0.3, 0.4) is 0 Å². The van der Waals surface area contributed by atoms with Gasteiger partial charge in [-0.25, -0.2) is 0 Å². The molecule has 2 aromatic carbocycles. The Balaban J connectivity index is 1.67. The minimum absolute atomic E-state index is 0.0188. The van der Waals surface area contributed by atoms with Crippen molar-refractivity contribution >= 4 is 17.8 Å². The summed E-state index contributed by atoms with van der Waals surface area (Å²) < 4.78 is 5.13. The second-order valence-electron chi connectivity index (χ2n) is 9.54. The first-order chi connectivity index (χ1) is 17.4. The van der Waals surface area contributed by atoms with Crippen LogP contribution in [0.1, 0.15) is 80.4 Å². The Labute approximate surface area is 215 Å². The summed E-state index contributed by atoms with van der Waals surface area (Å²) in [6, 6.07) is 17.6. The monoisotopic (exact) mass is 492 g/mol. The second-order valence-corrected chi connectivity index (χ2v) is 9.54. The van der Waals surface area contributed by atoms with E-state index in [-0.39, 0.29) is 36.2 Å². The number of rotatable bonds is 11. The lowest BCUT2D eigenvalue weighted by Crippen LogP contribution is -2.42. The largest absolute Gasteiger partial charge is 0.466 e. The molecule has 0 N–H and O–H groups in total. The average molecular weight is 493 g/mol. The van der Waals surface area contributed by atoms with Crippen LogP contribution in [0.2, 0.25) is 0 Å². The first kappa shape index (κ1) is 27.4. The molecule has 36 heavy (non-hydrogen) atoms. The number of carbonyl (C=O) groups is 3. The zero-order valence-corrected chi connectivity index (χ0v) is 21.9. The first-order valence-corrected chi connectivity index (χ1v) is 13.3. The van der Waals surface area contributed by atoms with Gasteiger partial charge in [-0.05, 0) is 62.8 Å². The van der Waals surface area contributed by atoms with Crippen molar-refractivity contribution < 1.29 is 19.1 Å². The number of amides is 2. The maximum atomic E-state index is 13.6. The van der Waals surface area contributed by atoms with Gasteiger partial charge in [-0.2, -0.15) is 0 Å². The highest BCUT2D eigenvalue weighted by molar-refractivity contribution is 5.94. The molecule has 1 heterocycles. The summed E-state index contributed by atoms with van der Waals surface area (Å²) in [4.78, 5) is 42.3. The Bertz CT molecular complexity index is 982. The predicted molar refractivity (Wildman–Crippen MR) is 142 cm³/mol. The maximum Gasteiger partial charge on any atom is 0.309 e. The molecule has 2 amide bonds. The Kier molecular flexibility index (Phi) is 10.5. The Morgan fingerprint density at radius 2 is 1.67 bits per heavy atom. The van der Waals surface area contributed by atoms with Gasteiger partial charge in [0.2, 0.25) is 5.91 Å². The lowest BCUT2D eigenvalue weighted by molar-refractivity contribution is -0.151. The lowest BCUT2D eigenvalue weighted by Gasteiger charge is -2.33. The number of nitrogens with zero attached hydrogens (tertiary/aromatic N) is 2. The molecule has 1 fully saturated rings. The van der Waals surface area contributed by atoms with Crippen molar-refractivity contribution in [1.29, 1.82) is 0 Å². The third-order valence-electron chi connectivity index (χ3n) is 7.06. The standard InChI is InChI=1S/C30H40N2O4/c1-4-6-10-24-13-15-26(16-14-24)29(34)32(23(3)25-11-8-7-9-12-25)22-19-28(33)31-20-17-27(18-21-31)30(35)36-5-2/h7-9,11-16,23,27H,4-6,10,17-22H2,1-3H3. The molecule has 6 nitrogen and oxygen atoms in total. The van der Waals surface area contributed by atoms with Crippen LogP contribution in [-0.4, -0.2) is 53.8 Å². The van der Waals surface area contributed by atoms with Crippen LogP contribution in [-0.2, 0) is 20.7 Å². The molecule has 0 radical (unpaired) electrons. The summed E-state index contributed by atoms with van der Waals surface area (Å²) in [6.45, 7) is 7.79. The molecule has 0 spiro atoms. The van der Waals surface area contributed by atoms with Gasteiger partial charge in [-0.15, -0.1) is 0 Å². The maximum absolute atomic E-state index is 13.6. The summed E-state index contributed by atoms with van der Waals surface area (Å²) in [5.41, 5.74) is 2.91. The van der Waals surface area contributed by atoms with E-state index >= 15 is 0 Å². The van der Waals surface area contributed by atoms with E-state index in [1.165, 1.54) is 5.56 Å². The van der Waals surface area contributed by atoms with E-state index in [1.54, 1.807) is 11.8 Å². The fraction of sp³-hybridized carbons (Fsp3) is 0.500. The highest BCUT2D eigenvalue weighted by Gasteiger charge is 2.29. The number of benzene rings is 2. The van der Waals surface area contributed by atoms with Gasteiger partial charge in [0.15, 0.2) is 0 Å². The zero-order valence-electron chi connectivity index (χ0n) is 21.9. The summed E-state index contributed by atoms with van der Waals surface area (Å²) in [5, 5.41) is 0. The second kappa shape index (κ2) is 13.8. The summed E-state index contributed by atoms with van der Waals surface area (Å²) in [6.07, 6.45) is 4.77. The first-order valence-electron chi connectivity index (χ1n) is 13.3. The van der Waals surface area contributed by atoms with Gasteiger partial charge in [-0.1, -0.05) is 55.8 Å². The fourth-order valence-corrected chi connectivity index (χ4v) is 4.74. The number of ether oxygens (including phenoxy) is 1. The SMILES string of the molecule is CCCCc1ccc(C(=O)N(CCC(=O)N2CCC(C(=O)OCC)CC2)C(C)c2ccccc2)cc1. The van der Waals surface area contributed by atoms with Gasteiger partial charge in [-0.3, -0.25) is 14.4 Å². The van der Waals surface area contributed by atoms with E-state index in [9.17, 15) is 14.4 Å². The number of hydrogen-bond acceptors (Lipinski definition) is 4. The normalized spacial score (nSPS) is 14.8.